The maximum absolute atomic E-state index is 12.0. The Morgan fingerprint density at radius 3 is 2.46 bits per heavy atom. The van der Waals surface area contributed by atoms with Crippen LogP contribution in [0.2, 0.25) is 10.0 Å². The van der Waals surface area contributed by atoms with Crippen LogP contribution >= 0.6 is 23.2 Å². The minimum absolute atomic E-state index is 0.189. The Labute approximate surface area is 160 Å². The Hall–Kier alpha value is -2.44. The lowest BCUT2D eigenvalue weighted by Gasteiger charge is -2.14. The molecule has 138 valence electrons. The van der Waals surface area contributed by atoms with E-state index in [4.69, 9.17) is 43.1 Å². The van der Waals surface area contributed by atoms with E-state index in [2.05, 4.69) is 0 Å². The Morgan fingerprint density at radius 2 is 1.85 bits per heavy atom. The van der Waals surface area contributed by atoms with Gasteiger partial charge in [0.1, 0.15) is 6.61 Å². The summed E-state index contributed by atoms with van der Waals surface area (Å²) >= 11 is 12.0. The first kappa shape index (κ1) is 19.9. The first-order valence-electron chi connectivity index (χ1n) is 7.57. The summed E-state index contributed by atoms with van der Waals surface area (Å²) in [5.74, 6) is -0.679. The summed E-state index contributed by atoms with van der Waals surface area (Å²) in [7, 11) is 1.44. The molecule has 1 atom stereocenters. The predicted molar refractivity (Wildman–Crippen MR) is 97.9 cm³/mol. The molecule has 0 spiro atoms. The third kappa shape index (κ3) is 5.03. The predicted octanol–water partition coefficient (Wildman–Crippen LogP) is 3.61. The van der Waals surface area contributed by atoms with Gasteiger partial charge in [0.2, 0.25) is 0 Å². The molecule has 0 heterocycles. The van der Waals surface area contributed by atoms with E-state index in [9.17, 15) is 9.59 Å². The van der Waals surface area contributed by atoms with Crippen molar-refractivity contribution in [2.24, 2.45) is 5.73 Å². The smallest absolute Gasteiger partial charge is 0.339 e. The normalized spacial score (nSPS) is 11.5. The van der Waals surface area contributed by atoms with Gasteiger partial charge in [0.15, 0.2) is 17.6 Å². The number of amides is 1. The van der Waals surface area contributed by atoms with Crippen molar-refractivity contribution in [2.45, 2.75) is 19.6 Å². The van der Waals surface area contributed by atoms with Gasteiger partial charge in [-0.3, -0.25) is 4.79 Å². The number of rotatable bonds is 7. The summed E-state index contributed by atoms with van der Waals surface area (Å²) in [4.78, 5) is 23.0. The van der Waals surface area contributed by atoms with Crippen LogP contribution in [0, 0.1) is 0 Å². The average Bonchev–Trinajstić information content (AvgIpc) is 2.60. The zero-order chi connectivity index (χ0) is 19.3. The lowest BCUT2D eigenvalue weighted by molar-refractivity contribution is -0.125. The van der Waals surface area contributed by atoms with Crippen molar-refractivity contribution in [3.8, 4) is 11.5 Å². The SMILES string of the molecule is COc1cc(C(=O)O[C@H](C)C(N)=O)ccc1OCc1ccc(Cl)cc1Cl. The van der Waals surface area contributed by atoms with Crippen LogP contribution in [0.3, 0.4) is 0 Å². The molecule has 6 nitrogen and oxygen atoms in total. The van der Waals surface area contributed by atoms with Gasteiger partial charge in [0, 0.05) is 15.6 Å². The fourth-order valence-electron chi connectivity index (χ4n) is 1.99. The molecule has 2 aromatic rings. The lowest BCUT2D eigenvalue weighted by atomic mass is 10.2. The van der Waals surface area contributed by atoms with Gasteiger partial charge >= 0.3 is 5.97 Å². The highest BCUT2D eigenvalue weighted by molar-refractivity contribution is 6.35. The van der Waals surface area contributed by atoms with Gasteiger partial charge in [-0.15, -0.1) is 0 Å². The molecule has 1 amide bonds. The van der Waals surface area contributed by atoms with Crippen molar-refractivity contribution in [1.82, 2.24) is 0 Å². The molecule has 0 aromatic heterocycles. The summed E-state index contributed by atoms with van der Waals surface area (Å²) < 4.78 is 15.9. The maximum Gasteiger partial charge on any atom is 0.339 e. The van der Waals surface area contributed by atoms with Gasteiger partial charge in [0.25, 0.3) is 5.91 Å². The van der Waals surface area contributed by atoms with Crippen molar-refractivity contribution in [1.29, 1.82) is 0 Å². The summed E-state index contributed by atoms with van der Waals surface area (Å²) in [5.41, 5.74) is 6.03. The number of nitrogens with two attached hydrogens (primary N) is 1. The monoisotopic (exact) mass is 397 g/mol. The summed E-state index contributed by atoms with van der Waals surface area (Å²) in [6.45, 7) is 1.58. The first-order valence-corrected chi connectivity index (χ1v) is 8.32. The number of halogens is 2. The largest absolute Gasteiger partial charge is 0.493 e. The highest BCUT2D eigenvalue weighted by Gasteiger charge is 2.18. The van der Waals surface area contributed by atoms with Crippen molar-refractivity contribution in [3.05, 3.63) is 57.6 Å². The third-order valence-corrected chi connectivity index (χ3v) is 4.07. The Bertz CT molecular complexity index is 825. The van der Waals surface area contributed by atoms with E-state index in [1.54, 1.807) is 24.3 Å². The molecule has 26 heavy (non-hydrogen) atoms. The molecule has 0 aliphatic heterocycles. The van der Waals surface area contributed by atoms with E-state index >= 15 is 0 Å². The number of esters is 1. The number of ether oxygens (including phenoxy) is 3. The number of hydrogen-bond donors (Lipinski definition) is 1. The highest BCUT2D eigenvalue weighted by Crippen LogP contribution is 2.30. The summed E-state index contributed by atoms with van der Waals surface area (Å²) in [5, 5.41) is 1.02. The molecule has 0 bridgehead atoms. The maximum atomic E-state index is 12.0. The molecule has 0 aliphatic rings. The van der Waals surface area contributed by atoms with E-state index in [-0.39, 0.29) is 12.2 Å². The zero-order valence-electron chi connectivity index (χ0n) is 14.1. The van der Waals surface area contributed by atoms with Gasteiger partial charge in [-0.2, -0.15) is 0 Å². The van der Waals surface area contributed by atoms with Crippen LogP contribution in [0.5, 0.6) is 11.5 Å². The number of benzene rings is 2. The van der Waals surface area contributed by atoms with E-state index in [1.807, 2.05) is 0 Å². The molecule has 8 heteroatoms. The van der Waals surface area contributed by atoms with Crippen LogP contribution in [-0.2, 0) is 16.1 Å². The van der Waals surface area contributed by atoms with Crippen LogP contribution in [0.1, 0.15) is 22.8 Å². The Balaban J connectivity index is 2.13. The highest BCUT2D eigenvalue weighted by atomic mass is 35.5. The van der Waals surface area contributed by atoms with E-state index in [0.29, 0.717) is 21.5 Å². The van der Waals surface area contributed by atoms with Crippen LogP contribution in [-0.4, -0.2) is 25.1 Å². The summed E-state index contributed by atoms with van der Waals surface area (Å²) in [6, 6.07) is 9.61. The van der Waals surface area contributed by atoms with E-state index < -0.39 is 18.0 Å². The summed E-state index contributed by atoms with van der Waals surface area (Å²) in [6.07, 6.45) is -1.03. The molecule has 2 aromatic carbocycles. The Morgan fingerprint density at radius 1 is 1.12 bits per heavy atom. The van der Waals surface area contributed by atoms with Crippen molar-refractivity contribution in [2.75, 3.05) is 7.11 Å². The standard InChI is InChI=1S/C18H17Cl2NO5/c1-10(17(21)22)26-18(23)11-4-6-15(16(7-11)24-2)25-9-12-3-5-13(19)8-14(12)20/h3-8,10H,9H2,1-2H3,(H2,21,22)/t10-/m1/s1. The van der Waals surface area contributed by atoms with Crippen LogP contribution in [0.4, 0.5) is 0 Å². The number of carbonyl (C=O) groups excluding carboxylic acids is 2. The first-order chi connectivity index (χ1) is 12.3. The third-order valence-electron chi connectivity index (χ3n) is 3.48. The van der Waals surface area contributed by atoms with Crippen LogP contribution in [0.15, 0.2) is 36.4 Å². The molecule has 0 aliphatic carbocycles. The van der Waals surface area contributed by atoms with Crippen molar-refractivity contribution >= 4 is 35.1 Å². The number of hydrogen-bond acceptors (Lipinski definition) is 5. The molecule has 0 saturated carbocycles. The minimum Gasteiger partial charge on any atom is -0.493 e. The van der Waals surface area contributed by atoms with Gasteiger partial charge in [0.05, 0.1) is 12.7 Å². The average molecular weight is 398 g/mol. The van der Waals surface area contributed by atoms with Crippen molar-refractivity contribution in [3.63, 3.8) is 0 Å². The fraction of sp³-hybridized carbons (Fsp3) is 0.222. The molecule has 2 N–H and O–H groups in total. The second kappa shape index (κ2) is 8.78. The molecule has 0 unspecified atom stereocenters. The fourth-order valence-corrected chi connectivity index (χ4v) is 2.46. The van der Waals surface area contributed by atoms with Gasteiger partial charge in [-0.25, -0.2) is 4.79 Å². The molecule has 2 rings (SSSR count). The molecular formula is C18H17Cl2NO5. The lowest BCUT2D eigenvalue weighted by Crippen LogP contribution is -2.30. The van der Waals surface area contributed by atoms with Gasteiger partial charge < -0.3 is 19.9 Å². The second-order valence-corrected chi connectivity index (χ2v) is 6.18. The molecular weight excluding hydrogens is 381 g/mol. The van der Waals surface area contributed by atoms with Crippen LogP contribution < -0.4 is 15.2 Å². The topological polar surface area (TPSA) is 87.9 Å². The van der Waals surface area contributed by atoms with Crippen molar-refractivity contribution < 1.29 is 23.8 Å². The molecule has 0 saturated heterocycles. The van der Waals surface area contributed by atoms with Gasteiger partial charge in [-0.1, -0.05) is 29.3 Å². The van der Waals surface area contributed by atoms with E-state index in [0.717, 1.165) is 5.56 Å². The Kier molecular flexibility index (Phi) is 6.71. The van der Waals surface area contributed by atoms with Gasteiger partial charge in [-0.05, 0) is 37.3 Å². The molecule has 0 radical (unpaired) electrons. The quantitative estimate of drug-likeness (QED) is 0.720. The minimum atomic E-state index is -1.03. The van der Waals surface area contributed by atoms with E-state index in [1.165, 1.54) is 26.2 Å². The molecule has 0 fully saturated rings. The number of carbonyl (C=O) groups is 2. The number of primary amides is 1. The second-order valence-electron chi connectivity index (χ2n) is 5.34. The zero-order valence-corrected chi connectivity index (χ0v) is 15.6. The van der Waals surface area contributed by atoms with Crippen LogP contribution in [0.25, 0.3) is 0 Å². The number of methoxy groups -OCH3 is 1.